The van der Waals surface area contributed by atoms with E-state index in [9.17, 15) is 13.2 Å². The van der Waals surface area contributed by atoms with Gasteiger partial charge in [0.1, 0.15) is 0 Å². The van der Waals surface area contributed by atoms with E-state index in [0.29, 0.717) is 0 Å². The van der Waals surface area contributed by atoms with Crippen LogP contribution in [0.3, 0.4) is 0 Å². The first-order valence-corrected chi connectivity index (χ1v) is 10.2. The molecule has 0 aromatic carbocycles. The number of allylic oxidation sites excluding steroid dienone is 2. The molecule has 2 fully saturated rings. The van der Waals surface area contributed by atoms with Gasteiger partial charge in [0.2, 0.25) is 0 Å². The molecule has 0 amide bonds. The Labute approximate surface area is 151 Å². The summed E-state index contributed by atoms with van der Waals surface area (Å²) in [6, 6.07) is 0. The minimum absolute atomic E-state index is 0.00127. The van der Waals surface area contributed by atoms with Crippen LogP contribution in [-0.4, -0.2) is 12.3 Å². The minimum atomic E-state index is -4.28. The molecule has 0 N–H and O–H groups in total. The van der Waals surface area contributed by atoms with E-state index in [1.54, 1.807) is 0 Å². The zero-order valence-electron chi connectivity index (χ0n) is 16.1. The fourth-order valence-electron chi connectivity index (χ4n) is 5.08. The molecule has 0 aliphatic heterocycles. The van der Waals surface area contributed by atoms with E-state index in [4.69, 9.17) is 4.74 Å². The largest absolute Gasteiger partial charge is 0.495 e. The van der Waals surface area contributed by atoms with E-state index in [2.05, 4.69) is 13.8 Å². The van der Waals surface area contributed by atoms with Crippen LogP contribution in [0, 0.1) is 23.7 Å². The summed E-state index contributed by atoms with van der Waals surface area (Å²) in [6.45, 7) is 6.10. The highest BCUT2D eigenvalue weighted by Gasteiger charge is 2.33. The Morgan fingerprint density at radius 2 is 1.52 bits per heavy atom. The molecule has 2 saturated carbocycles. The van der Waals surface area contributed by atoms with Gasteiger partial charge in [0, 0.05) is 0 Å². The molecule has 0 aromatic rings. The smallest absolute Gasteiger partial charge is 0.412 e. The molecule has 2 aliphatic rings. The third kappa shape index (κ3) is 6.86. The zero-order valence-corrected chi connectivity index (χ0v) is 16.1. The molecule has 4 heteroatoms. The first-order valence-electron chi connectivity index (χ1n) is 10.2. The van der Waals surface area contributed by atoms with Gasteiger partial charge in [0.25, 0.3) is 0 Å². The van der Waals surface area contributed by atoms with Crippen molar-refractivity contribution in [3.63, 3.8) is 0 Å². The number of alkyl halides is 3. The van der Waals surface area contributed by atoms with Gasteiger partial charge in [-0.05, 0) is 82.0 Å². The van der Waals surface area contributed by atoms with Crippen molar-refractivity contribution in [1.82, 2.24) is 0 Å². The van der Waals surface area contributed by atoms with Crippen molar-refractivity contribution in [1.29, 1.82) is 0 Å². The molecule has 25 heavy (non-hydrogen) atoms. The van der Waals surface area contributed by atoms with E-state index >= 15 is 0 Å². The highest BCUT2D eigenvalue weighted by molar-refractivity contribution is 4.95. The van der Waals surface area contributed by atoms with Crippen LogP contribution in [0.2, 0.25) is 0 Å². The molecular weight excluding hydrogens is 325 g/mol. The second-order valence-electron chi connectivity index (χ2n) is 8.39. The maximum absolute atomic E-state index is 12.3. The summed E-state index contributed by atoms with van der Waals surface area (Å²) in [7, 11) is 0. The zero-order chi connectivity index (χ0) is 18.4. The van der Waals surface area contributed by atoms with Crippen molar-refractivity contribution in [3.8, 4) is 0 Å². The van der Waals surface area contributed by atoms with Gasteiger partial charge in [-0.1, -0.05) is 26.7 Å². The SMILES string of the molecule is CCCC(C)C1CCC(C2CCC(OC(C)=CC(F)(F)F)CC2)CC1. The molecular formula is C21H35F3O. The van der Waals surface area contributed by atoms with Gasteiger partial charge >= 0.3 is 6.18 Å². The molecule has 0 aromatic heterocycles. The average Bonchev–Trinajstić information content (AvgIpc) is 2.54. The van der Waals surface area contributed by atoms with Gasteiger partial charge < -0.3 is 4.74 Å². The number of ether oxygens (including phenoxy) is 1. The summed E-state index contributed by atoms with van der Waals surface area (Å²) in [5.74, 6) is 3.36. The van der Waals surface area contributed by atoms with Crippen molar-refractivity contribution < 1.29 is 17.9 Å². The Hall–Kier alpha value is -0.670. The summed E-state index contributed by atoms with van der Waals surface area (Å²) >= 11 is 0. The second kappa shape index (κ2) is 9.32. The lowest BCUT2D eigenvalue weighted by atomic mass is 9.68. The third-order valence-electron chi connectivity index (χ3n) is 6.47. The lowest BCUT2D eigenvalue weighted by molar-refractivity contribution is -0.0842. The maximum Gasteiger partial charge on any atom is 0.412 e. The Bertz CT molecular complexity index is 413. The van der Waals surface area contributed by atoms with Crippen LogP contribution in [0.15, 0.2) is 11.8 Å². The first kappa shape index (κ1) is 20.6. The molecule has 0 spiro atoms. The summed E-state index contributed by atoms with van der Waals surface area (Å²) in [6.07, 6.45) is 8.07. The van der Waals surface area contributed by atoms with Crippen molar-refractivity contribution in [2.75, 3.05) is 0 Å². The number of hydrogen-bond donors (Lipinski definition) is 0. The molecule has 2 aliphatic carbocycles. The van der Waals surface area contributed by atoms with Gasteiger partial charge in [-0.15, -0.1) is 0 Å². The molecule has 1 nitrogen and oxygen atoms in total. The Kier molecular flexibility index (Phi) is 7.69. The van der Waals surface area contributed by atoms with Crippen LogP contribution in [0.4, 0.5) is 13.2 Å². The average molecular weight is 361 g/mol. The lowest BCUT2D eigenvalue weighted by Gasteiger charge is -2.39. The summed E-state index contributed by atoms with van der Waals surface area (Å²) in [5.41, 5.74) is 0. The van der Waals surface area contributed by atoms with Gasteiger partial charge in [-0.2, -0.15) is 13.2 Å². The molecule has 0 radical (unpaired) electrons. The monoisotopic (exact) mass is 360 g/mol. The summed E-state index contributed by atoms with van der Waals surface area (Å²) in [4.78, 5) is 0. The Morgan fingerprint density at radius 3 is 2.00 bits per heavy atom. The topological polar surface area (TPSA) is 9.23 Å². The fraction of sp³-hybridized carbons (Fsp3) is 0.905. The van der Waals surface area contributed by atoms with Gasteiger partial charge in [0.15, 0.2) is 0 Å². The highest BCUT2D eigenvalue weighted by Crippen LogP contribution is 2.43. The molecule has 0 saturated heterocycles. The van der Waals surface area contributed by atoms with Crippen molar-refractivity contribution in [3.05, 3.63) is 11.8 Å². The van der Waals surface area contributed by atoms with E-state index in [-0.39, 0.29) is 17.9 Å². The third-order valence-corrected chi connectivity index (χ3v) is 6.47. The standard InChI is InChI=1S/C21H35F3O/c1-4-5-15(2)17-6-8-18(9-7-17)19-10-12-20(13-11-19)25-16(3)14-21(22,23)24/h14-15,17-20H,4-13H2,1-3H3. The second-order valence-corrected chi connectivity index (χ2v) is 8.39. The summed E-state index contributed by atoms with van der Waals surface area (Å²) in [5, 5.41) is 0. The predicted molar refractivity (Wildman–Crippen MR) is 96.2 cm³/mol. The molecule has 1 atom stereocenters. The van der Waals surface area contributed by atoms with Crippen LogP contribution in [0.1, 0.15) is 85.0 Å². The summed E-state index contributed by atoms with van der Waals surface area (Å²) < 4.78 is 42.6. The van der Waals surface area contributed by atoms with Crippen LogP contribution in [0.25, 0.3) is 0 Å². The number of hydrogen-bond acceptors (Lipinski definition) is 1. The van der Waals surface area contributed by atoms with Gasteiger partial charge in [-0.25, -0.2) is 0 Å². The van der Waals surface area contributed by atoms with Crippen LogP contribution >= 0.6 is 0 Å². The van der Waals surface area contributed by atoms with E-state index < -0.39 is 6.18 Å². The first-order chi connectivity index (χ1) is 11.8. The van der Waals surface area contributed by atoms with Crippen molar-refractivity contribution >= 4 is 0 Å². The van der Waals surface area contributed by atoms with Crippen LogP contribution < -0.4 is 0 Å². The predicted octanol–water partition coefficient (Wildman–Crippen LogP) is 7.27. The van der Waals surface area contributed by atoms with E-state index in [1.165, 1.54) is 45.4 Å². The quantitative estimate of drug-likeness (QED) is 0.453. The molecule has 0 bridgehead atoms. The molecule has 146 valence electrons. The highest BCUT2D eigenvalue weighted by atomic mass is 19.4. The van der Waals surface area contributed by atoms with Gasteiger partial charge in [0.05, 0.1) is 17.9 Å². The Balaban J connectivity index is 1.71. The van der Waals surface area contributed by atoms with Crippen molar-refractivity contribution in [2.45, 2.75) is 97.3 Å². The number of rotatable bonds is 6. The Morgan fingerprint density at radius 1 is 1.00 bits per heavy atom. The van der Waals surface area contributed by atoms with Crippen molar-refractivity contribution in [2.24, 2.45) is 23.7 Å². The van der Waals surface area contributed by atoms with E-state index in [0.717, 1.165) is 49.4 Å². The molecule has 2 rings (SSSR count). The normalized spacial score (nSPS) is 33.1. The number of halogens is 3. The lowest BCUT2D eigenvalue weighted by Crippen LogP contribution is -2.29. The molecule has 0 heterocycles. The van der Waals surface area contributed by atoms with Gasteiger partial charge in [-0.3, -0.25) is 0 Å². The maximum atomic E-state index is 12.3. The fourth-order valence-corrected chi connectivity index (χ4v) is 5.08. The molecule has 1 unspecified atom stereocenters. The van der Waals surface area contributed by atoms with E-state index in [1.807, 2.05) is 0 Å². The van der Waals surface area contributed by atoms with Crippen LogP contribution in [-0.2, 0) is 4.74 Å². The van der Waals surface area contributed by atoms with Crippen LogP contribution in [0.5, 0.6) is 0 Å². The minimum Gasteiger partial charge on any atom is -0.495 e.